The number of benzene rings is 2. The Hall–Kier alpha value is -3.82. The number of carboxylic acids is 2. The van der Waals surface area contributed by atoms with E-state index in [1.54, 1.807) is 0 Å². The molecule has 0 heterocycles. The van der Waals surface area contributed by atoms with E-state index in [4.69, 9.17) is 0 Å². The minimum absolute atomic E-state index is 0.199. The third kappa shape index (κ3) is 3.02. The largest absolute Gasteiger partial charge is 0.545 e. The zero-order chi connectivity index (χ0) is 18.0. The van der Waals surface area contributed by atoms with Gasteiger partial charge in [-0.3, -0.25) is 20.2 Å². The van der Waals surface area contributed by atoms with Gasteiger partial charge in [-0.05, 0) is 23.3 Å². The van der Waals surface area contributed by atoms with E-state index in [0.29, 0.717) is 12.1 Å². The lowest BCUT2D eigenvalue weighted by Gasteiger charge is -2.15. The second-order valence-corrected chi connectivity index (χ2v) is 4.55. The molecule has 0 amide bonds. The molecule has 0 aliphatic carbocycles. The molecule has 0 aliphatic rings. The van der Waals surface area contributed by atoms with Gasteiger partial charge in [0.05, 0.1) is 21.8 Å². The van der Waals surface area contributed by atoms with Crippen molar-refractivity contribution in [3.05, 3.63) is 67.8 Å². The Morgan fingerprint density at radius 3 is 1.29 bits per heavy atom. The van der Waals surface area contributed by atoms with Crippen molar-refractivity contribution < 1.29 is 29.6 Å². The van der Waals surface area contributed by atoms with Crippen LogP contribution in [0.25, 0.3) is 11.1 Å². The molecule has 0 aromatic heterocycles. The quantitative estimate of drug-likeness (QED) is 0.540. The Labute approximate surface area is 132 Å². The van der Waals surface area contributed by atoms with Crippen molar-refractivity contribution in [3.63, 3.8) is 0 Å². The van der Waals surface area contributed by atoms with Crippen LogP contribution in [0.15, 0.2) is 36.4 Å². The molecular formula is C14H6N2O8-2. The lowest BCUT2D eigenvalue weighted by Crippen LogP contribution is -2.25. The van der Waals surface area contributed by atoms with Crippen molar-refractivity contribution in [2.45, 2.75) is 0 Å². The maximum Gasteiger partial charge on any atom is 0.270 e. The second-order valence-electron chi connectivity index (χ2n) is 4.55. The van der Waals surface area contributed by atoms with Gasteiger partial charge in [-0.15, -0.1) is 0 Å². The first kappa shape index (κ1) is 16.5. The summed E-state index contributed by atoms with van der Waals surface area (Å²) in [6.45, 7) is 0. The van der Waals surface area contributed by atoms with Crippen LogP contribution >= 0.6 is 0 Å². The third-order valence-electron chi connectivity index (χ3n) is 3.16. The van der Waals surface area contributed by atoms with Crippen LogP contribution in [-0.2, 0) is 0 Å². The molecule has 0 radical (unpaired) electrons. The molecule has 122 valence electrons. The van der Waals surface area contributed by atoms with Crippen molar-refractivity contribution >= 4 is 23.3 Å². The van der Waals surface area contributed by atoms with Gasteiger partial charge in [0.1, 0.15) is 0 Å². The molecule has 0 saturated carbocycles. The summed E-state index contributed by atoms with van der Waals surface area (Å²) in [5, 5.41) is 43.9. The summed E-state index contributed by atoms with van der Waals surface area (Å²) >= 11 is 0. The molecule has 0 unspecified atom stereocenters. The molecule has 24 heavy (non-hydrogen) atoms. The minimum Gasteiger partial charge on any atom is -0.545 e. The van der Waals surface area contributed by atoms with Gasteiger partial charge >= 0.3 is 0 Å². The number of carboxylic acid groups (broad SMARTS) is 2. The summed E-state index contributed by atoms with van der Waals surface area (Å²) in [6, 6.07) is 5.43. The molecule has 10 nitrogen and oxygen atoms in total. The molecule has 0 fully saturated rings. The molecule has 0 spiro atoms. The zero-order valence-electron chi connectivity index (χ0n) is 11.6. The Morgan fingerprint density at radius 2 is 1.04 bits per heavy atom. The fraction of sp³-hybridized carbons (Fsp3) is 0. The fourth-order valence-corrected chi connectivity index (χ4v) is 2.10. The molecule has 2 rings (SSSR count). The van der Waals surface area contributed by atoms with Gasteiger partial charge in [0.25, 0.3) is 11.4 Å². The van der Waals surface area contributed by atoms with Crippen LogP contribution in [0.5, 0.6) is 0 Å². The van der Waals surface area contributed by atoms with Gasteiger partial charge in [0, 0.05) is 35.4 Å². The monoisotopic (exact) mass is 330 g/mol. The van der Waals surface area contributed by atoms with Crippen molar-refractivity contribution in [1.82, 2.24) is 0 Å². The number of non-ortho nitro benzene ring substituents is 2. The molecule has 2 aromatic rings. The van der Waals surface area contributed by atoms with E-state index in [9.17, 15) is 40.0 Å². The van der Waals surface area contributed by atoms with Crippen molar-refractivity contribution in [3.8, 4) is 11.1 Å². The minimum atomic E-state index is -1.77. The van der Waals surface area contributed by atoms with Gasteiger partial charge in [-0.1, -0.05) is 0 Å². The van der Waals surface area contributed by atoms with Crippen molar-refractivity contribution in [1.29, 1.82) is 0 Å². The number of carbonyl (C=O) groups is 2. The highest BCUT2D eigenvalue weighted by atomic mass is 16.6. The first-order chi connectivity index (χ1) is 11.2. The van der Waals surface area contributed by atoms with Crippen LogP contribution in [-0.4, -0.2) is 21.8 Å². The summed E-state index contributed by atoms with van der Waals surface area (Å²) < 4.78 is 0. The van der Waals surface area contributed by atoms with Gasteiger partial charge < -0.3 is 19.8 Å². The Balaban J connectivity index is 2.76. The molecule has 2 aromatic carbocycles. The number of nitro benzene ring substituents is 2. The van der Waals surface area contributed by atoms with Gasteiger partial charge in [0.15, 0.2) is 0 Å². The van der Waals surface area contributed by atoms with E-state index < -0.39 is 44.3 Å². The van der Waals surface area contributed by atoms with Gasteiger partial charge in [-0.25, -0.2) is 0 Å². The first-order valence-electron chi connectivity index (χ1n) is 6.22. The van der Waals surface area contributed by atoms with Crippen LogP contribution in [0.2, 0.25) is 0 Å². The van der Waals surface area contributed by atoms with Crippen LogP contribution in [0.1, 0.15) is 20.7 Å². The predicted octanol–water partition coefficient (Wildman–Crippen LogP) is -0.103. The van der Waals surface area contributed by atoms with Crippen LogP contribution in [0.4, 0.5) is 11.4 Å². The molecule has 0 saturated heterocycles. The van der Waals surface area contributed by atoms with Gasteiger partial charge in [0.2, 0.25) is 0 Å². The standard InChI is InChI=1S/C14H8N2O8/c17-13(18)11-5-7(15(21)22)1-3-9(11)10-4-2-8(16(23)24)6-12(10)14(19)20/h1-6H,(H,17,18)(H,19,20)/p-2. The topological polar surface area (TPSA) is 167 Å². The molecule has 0 aliphatic heterocycles. The average Bonchev–Trinajstić information content (AvgIpc) is 2.53. The molecule has 10 heteroatoms. The van der Waals surface area contributed by atoms with E-state index in [-0.39, 0.29) is 11.1 Å². The van der Waals surface area contributed by atoms with Crippen LogP contribution in [0, 0.1) is 20.2 Å². The lowest BCUT2D eigenvalue weighted by atomic mass is 9.94. The fourth-order valence-electron chi connectivity index (χ4n) is 2.10. The number of nitro groups is 2. The highest BCUT2D eigenvalue weighted by Gasteiger charge is 2.18. The Bertz CT molecular complexity index is 817. The molecule has 0 N–H and O–H groups in total. The van der Waals surface area contributed by atoms with E-state index in [2.05, 4.69) is 0 Å². The maximum absolute atomic E-state index is 11.2. The summed E-state index contributed by atoms with van der Waals surface area (Å²) in [5.74, 6) is -3.53. The van der Waals surface area contributed by atoms with Crippen molar-refractivity contribution in [2.75, 3.05) is 0 Å². The average molecular weight is 330 g/mol. The highest BCUT2D eigenvalue weighted by molar-refractivity contribution is 6.01. The van der Waals surface area contributed by atoms with E-state index >= 15 is 0 Å². The summed E-state index contributed by atoms with van der Waals surface area (Å²) in [6.07, 6.45) is 0. The lowest BCUT2D eigenvalue weighted by molar-refractivity contribution is -0.385. The predicted molar refractivity (Wildman–Crippen MR) is 73.8 cm³/mol. The maximum atomic E-state index is 11.2. The number of aromatic carboxylic acids is 2. The Kier molecular flexibility index (Phi) is 4.22. The second kappa shape index (κ2) is 6.12. The van der Waals surface area contributed by atoms with E-state index in [0.717, 1.165) is 24.3 Å². The summed E-state index contributed by atoms with van der Waals surface area (Å²) in [4.78, 5) is 42.3. The summed E-state index contributed by atoms with van der Waals surface area (Å²) in [7, 11) is 0. The van der Waals surface area contributed by atoms with Crippen molar-refractivity contribution in [2.24, 2.45) is 0 Å². The molecular weight excluding hydrogens is 324 g/mol. The third-order valence-corrected chi connectivity index (χ3v) is 3.16. The zero-order valence-corrected chi connectivity index (χ0v) is 11.6. The molecule has 0 atom stereocenters. The number of hydrogen-bond acceptors (Lipinski definition) is 8. The van der Waals surface area contributed by atoms with E-state index in [1.807, 2.05) is 0 Å². The van der Waals surface area contributed by atoms with E-state index in [1.165, 1.54) is 0 Å². The first-order valence-corrected chi connectivity index (χ1v) is 6.22. The Morgan fingerprint density at radius 1 is 0.708 bits per heavy atom. The number of carbonyl (C=O) groups excluding carboxylic acids is 2. The smallest absolute Gasteiger partial charge is 0.270 e. The molecule has 0 bridgehead atoms. The highest BCUT2D eigenvalue weighted by Crippen LogP contribution is 2.31. The number of hydrogen-bond donors (Lipinski definition) is 0. The number of rotatable bonds is 5. The normalized spacial score (nSPS) is 10.2. The van der Waals surface area contributed by atoms with Crippen LogP contribution in [0.3, 0.4) is 0 Å². The SMILES string of the molecule is O=C([O-])c1cc([N+](=O)[O-])ccc1-c1ccc([N+](=O)[O-])cc1C(=O)[O-]. The van der Waals surface area contributed by atoms with Gasteiger partial charge in [-0.2, -0.15) is 0 Å². The number of nitrogens with zero attached hydrogens (tertiary/aromatic N) is 2. The summed E-state index contributed by atoms with van der Waals surface area (Å²) in [5.41, 5.74) is -2.71. The van der Waals surface area contributed by atoms with Crippen LogP contribution < -0.4 is 10.2 Å².